The summed E-state index contributed by atoms with van der Waals surface area (Å²) in [7, 11) is -3.00. The molecule has 4 heteroatoms. The van der Waals surface area contributed by atoms with Crippen molar-refractivity contribution in [2.24, 2.45) is 11.8 Å². The Balaban J connectivity index is 1.42. The highest BCUT2D eigenvalue weighted by atomic mass is 32.2. The van der Waals surface area contributed by atoms with Crippen molar-refractivity contribution in [3.63, 3.8) is 0 Å². The van der Waals surface area contributed by atoms with E-state index in [1.54, 1.807) is 0 Å². The van der Waals surface area contributed by atoms with Crippen molar-refractivity contribution in [1.29, 1.82) is 0 Å². The van der Waals surface area contributed by atoms with Crippen LogP contribution in [0, 0.1) is 11.8 Å². The third-order valence-corrected chi connectivity index (χ3v) is 10.2. The van der Waals surface area contributed by atoms with Crippen LogP contribution in [0.5, 0.6) is 0 Å². The van der Waals surface area contributed by atoms with Crippen LogP contribution in [-0.4, -0.2) is 32.0 Å². The molecule has 1 aromatic rings. The molecule has 1 aromatic carbocycles. The van der Waals surface area contributed by atoms with Crippen molar-refractivity contribution >= 4 is 15.5 Å². The number of nitrogens with zero attached hydrogens (tertiary/aromatic N) is 1. The second kappa shape index (κ2) is 9.68. The van der Waals surface area contributed by atoms with E-state index >= 15 is 0 Å². The molecule has 162 valence electrons. The third-order valence-electron chi connectivity index (χ3n) is 7.32. The molecule has 0 amide bonds. The Hall–Kier alpha value is -1.29. The van der Waals surface area contributed by atoms with Gasteiger partial charge in [-0.05, 0) is 81.9 Å². The van der Waals surface area contributed by atoms with E-state index in [9.17, 15) is 8.42 Å². The summed E-state index contributed by atoms with van der Waals surface area (Å²) >= 11 is 0. The van der Waals surface area contributed by atoms with Gasteiger partial charge in [0.1, 0.15) is 0 Å². The minimum Gasteiger partial charge on any atom is -0.368 e. The number of sulfone groups is 1. The maximum absolute atomic E-state index is 12.7. The monoisotopic (exact) mass is 417 g/mol. The average Bonchev–Trinajstić information content (AvgIpc) is 2.74. The fraction of sp³-hybridized carbons (Fsp3) is 0.680. The number of anilines is 1. The van der Waals surface area contributed by atoms with Crippen LogP contribution in [0.2, 0.25) is 0 Å². The molecule has 0 aromatic heterocycles. The molecule has 29 heavy (non-hydrogen) atoms. The van der Waals surface area contributed by atoms with E-state index in [-0.39, 0.29) is 0 Å². The standard InChI is InChI=1S/C25H39NO2S/c1-4-25(2,3)29(27,28)20-23-12-10-21(11-13-23)8-9-22-14-16-24(17-15-22)26-18-6-5-7-19-26/h5-6,14-17,21,23H,4,7-13,18-20H2,1-3H3. The summed E-state index contributed by atoms with van der Waals surface area (Å²) in [6.45, 7) is 7.87. The largest absolute Gasteiger partial charge is 0.368 e. The van der Waals surface area contributed by atoms with Crippen molar-refractivity contribution in [3.05, 3.63) is 42.0 Å². The lowest BCUT2D eigenvalue weighted by Crippen LogP contribution is -2.36. The van der Waals surface area contributed by atoms with Gasteiger partial charge < -0.3 is 4.90 Å². The van der Waals surface area contributed by atoms with Gasteiger partial charge in [0.15, 0.2) is 9.84 Å². The van der Waals surface area contributed by atoms with Crippen molar-refractivity contribution in [3.8, 4) is 0 Å². The maximum atomic E-state index is 12.7. The van der Waals surface area contributed by atoms with Crippen LogP contribution >= 0.6 is 0 Å². The van der Waals surface area contributed by atoms with Gasteiger partial charge in [-0.3, -0.25) is 0 Å². The lowest BCUT2D eigenvalue weighted by atomic mass is 9.80. The highest BCUT2D eigenvalue weighted by molar-refractivity contribution is 7.92. The van der Waals surface area contributed by atoms with Crippen LogP contribution in [0.15, 0.2) is 36.4 Å². The number of aryl methyl sites for hydroxylation is 1. The molecule has 0 spiro atoms. The molecule has 3 nitrogen and oxygen atoms in total. The fourth-order valence-corrected chi connectivity index (χ4v) is 6.41. The molecule has 0 atom stereocenters. The Morgan fingerprint density at radius 1 is 1.00 bits per heavy atom. The van der Waals surface area contributed by atoms with E-state index < -0.39 is 14.6 Å². The Morgan fingerprint density at radius 2 is 1.66 bits per heavy atom. The molecular weight excluding hydrogens is 378 g/mol. The van der Waals surface area contributed by atoms with E-state index in [2.05, 4.69) is 41.3 Å². The molecule has 3 rings (SSSR count). The number of hydrogen-bond donors (Lipinski definition) is 0. The van der Waals surface area contributed by atoms with Crippen LogP contribution in [0.1, 0.15) is 71.3 Å². The van der Waals surface area contributed by atoms with E-state index in [4.69, 9.17) is 0 Å². The lowest BCUT2D eigenvalue weighted by Gasteiger charge is -2.31. The average molecular weight is 418 g/mol. The molecule has 1 saturated carbocycles. The Labute approximate surface area is 178 Å². The summed E-state index contributed by atoms with van der Waals surface area (Å²) in [5.41, 5.74) is 2.76. The van der Waals surface area contributed by atoms with Gasteiger partial charge in [0.05, 0.1) is 10.5 Å². The second-order valence-corrected chi connectivity index (χ2v) is 12.4. The van der Waals surface area contributed by atoms with Gasteiger partial charge in [-0.2, -0.15) is 0 Å². The minimum absolute atomic E-state index is 0.361. The highest BCUT2D eigenvalue weighted by Crippen LogP contribution is 2.34. The smallest absolute Gasteiger partial charge is 0.155 e. The minimum atomic E-state index is -3.00. The maximum Gasteiger partial charge on any atom is 0.155 e. The van der Waals surface area contributed by atoms with Crippen LogP contribution < -0.4 is 4.90 Å². The van der Waals surface area contributed by atoms with Gasteiger partial charge in [-0.25, -0.2) is 8.42 Å². The summed E-state index contributed by atoms with van der Waals surface area (Å²) in [6.07, 6.45) is 13.2. The SMILES string of the molecule is CCC(C)(C)S(=O)(=O)CC1CCC(CCc2ccc(N3CC=CCC3)cc2)CC1. The van der Waals surface area contributed by atoms with Gasteiger partial charge >= 0.3 is 0 Å². The Kier molecular flexibility index (Phi) is 7.47. The molecule has 0 saturated heterocycles. The molecule has 1 fully saturated rings. The Morgan fingerprint density at radius 3 is 2.24 bits per heavy atom. The lowest BCUT2D eigenvalue weighted by molar-refractivity contribution is 0.278. The van der Waals surface area contributed by atoms with Crippen LogP contribution in [0.3, 0.4) is 0 Å². The zero-order valence-corrected chi connectivity index (χ0v) is 19.4. The van der Waals surface area contributed by atoms with Gasteiger partial charge in [0.2, 0.25) is 0 Å². The zero-order valence-electron chi connectivity index (χ0n) is 18.6. The van der Waals surface area contributed by atoms with Crippen LogP contribution in [-0.2, 0) is 16.3 Å². The predicted octanol–water partition coefficient (Wildman–Crippen LogP) is 5.80. The Bertz CT molecular complexity index is 772. The molecule has 1 aliphatic carbocycles. The summed E-state index contributed by atoms with van der Waals surface area (Å²) in [6, 6.07) is 9.12. The topological polar surface area (TPSA) is 37.4 Å². The van der Waals surface area contributed by atoms with Gasteiger partial charge in [-0.15, -0.1) is 0 Å². The molecule has 0 radical (unpaired) electrons. The molecule has 2 aliphatic rings. The zero-order chi connectivity index (χ0) is 20.9. The second-order valence-electron chi connectivity index (χ2n) is 9.69. The van der Waals surface area contributed by atoms with Crippen molar-refractivity contribution in [1.82, 2.24) is 0 Å². The van der Waals surface area contributed by atoms with E-state index in [0.717, 1.165) is 44.7 Å². The number of hydrogen-bond acceptors (Lipinski definition) is 3. The summed E-state index contributed by atoms with van der Waals surface area (Å²) < 4.78 is 24.8. The molecule has 0 bridgehead atoms. The molecular formula is C25H39NO2S. The first-order valence-corrected chi connectivity index (χ1v) is 13.2. The first kappa shape index (κ1) is 22.4. The summed E-state index contributed by atoms with van der Waals surface area (Å²) in [5.74, 6) is 1.49. The highest BCUT2D eigenvalue weighted by Gasteiger charge is 2.35. The van der Waals surface area contributed by atoms with Crippen molar-refractivity contribution in [2.75, 3.05) is 23.7 Å². The van der Waals surface area contributed by atoms with Gasteiger partial charge in [0.25, 0.3) is 0 Å². The van der Waals surface area contributed by atoms with E-state index in [1.807, 2.05) is 20.8 Å². The van der Waals surface area contributed by atoms with Gasteiger partial charge in [-0.1, -0.05) is 44.1 Å². The fourth-order valence-electron chi connectivity index (χ4n) is 4.56. The van der Waals surface area contributed by atoms with Crippen molar-refractivity contribution in [2.45, 2.75) is 76.9 Å². The molecule has 0 unspecified atom stereocenters. The van der Waals surface area contributed by atoms with Gasteiger partial charge in [0, 0.05) is 18.8 Å². The molecule has 1 heterocycles. The predicted molar refractivity (Wildman–Crippen MR) is 124 cm³/mol. The van der Waals surface area contributed by atoms with Crippen LogP contribution in [0.4, 0.5) is 5.69 Å². The van der Waals surface area contributed by atoms with Crippen LogP contribution in [0.25, 0.3) is 0 Å². The van der Waals surface area contributed by atoms with E-state index in [0.29, 0.717) is 18.1 Å². The normalized spacial score (nSPS) is 23.3. The number of rotatable bonds is 8. The van der Waals surface area contributed by atoms with Crippen molar-refractivity contribution < 1.29 is 8.42 Å². The molecule has 0 N–H and O–H groups in total. The third kappa shape index (κ3) is 5.87. The van der Waals surface area contributed by atoms with E-state index in [1.165, 1.54) is 30.5 Å². The summed E-state index contributed by atoms with van der Waals surface area (Å²) in [5, 5.41) is 0. The summed E-state index contributed by atoms with van der Waals surface area (Å²) in [4.78, 5) is 2.43. The molecule has 1 aliphatic heterocycles. The number of benzene rings is 1. The first-order chi connectivity index (χ1) is 13.8. The first-order valence-electron chi connectivity index (χ1n) is 11.5. The quantitative estimate of drug-likeness (QED) is 0.502.